The SMILES string of the molecule is CCC(=O)CCOCCNC(=O)[C@@H](N)CSC1CC(=O)N(c2cccc(C(=O)NC)c2)C1=O. The van der Waals surface area contributed by atoms with Crippen molar-refractivity contribution in [1.82, 2.24) is 10.6 Å². The Morgan fingerprint density at radius 1 is 1.27 bits per heavy atom. The number of amides is 4. The summed E-state index contributed by atoms with van der Waals surface area (Å²) in [6.45, 7) is 2.63. The van der Waals surface area contributed by atoms with Crippen molar-refractivity contribution < 1.29 is 28.7 Å². The summed E-state index contributed by atoms with van der Waals surface area (Å²) in [5, 5.41) is 4.50. The van der Waals surface area contributed by atoms with Gasteiger partial charge in [0, 0.05) is 44.2 Å². The number of carbonyl (C=O) groups excluding carboxylic acids is 5. The minimum atomic E-state index is -0.856. The first-order valence-electron chi connectivity index (χ1n) is 10.7. The zero-order valence-electron chi connectivity index (χ0n) is 18.8. The Kier molecular flexibility index (Phi) is 10.5. The molecule has 10 nitrogen and oxygen atoms in total. The Balaban J connectivity index is 1.79. The van der Waals surface area contributed by atoms with E-state index in [1.807, 2.05) is 0 Å². The molecule has 1 saturated heterocycles. The molecule has 1 aliphatic rings. The quantitative estimate of drug-likeness (QED) is 0.270. The van der Waals surface area contributed by atoms with Crippen LogP contribution >= 0.6 is 11.8 Å². The van der Waals surface area contributed by atoms with Gasteiger partial charge < -0.3 is 21.1 Å². The second-order valence-electron chi connectivity index (χ2n) is 7.38. The van der Waals surface area contributed by atoms with Crippen molar-refractivity contribution in [2.75, 3.05) is 37.5 Å². The lowest BCUT2D eigenvalue weighted by Gasteiger charge is -2.17. The second kappa shape index (κ2) is 13.1. The van der Waals surface area contributed by atoms with Crippen molar-refractivity contribution in [2.45, 2.75) is 37.5 Å². The van der Waals surface area contributed by atoms with Crippen molar-refractivity contribution in [3.8, 4) is 0 Å². The second-order valence-corrected chi connectivity index (χ2v) is 8.61. The number of Topliss-reactive ketones (excluding diaryl/α,β-unsaturated/α-hetero) is 1. The standard InChI is InChI=1S/C22H30N4O6S/c1-3-16(27)7-9-32-10-8-25-21(30)17(23)13-33-18-12-19(28)26(22(18)31)15-6-4-5-14(11-15)20(29)24-2/h4-6,11,17-18H,3,7-10,12-13,23H2,1-2H3,(H,24,29)(H,25,30)/t17-,18?/m0/s1. The number of ether oxygens (including phenoxy) is 1. The van der Waals surface area contributed by atoms with Crippen LogP contribution in [0.1, 0.15) is 36.5 Å². The minimum absolute atomic E-state index is 0.00758. The number of hydrogen-bond acceptors (Lipinski definition) is 8. The zero-order chi connectivity index (χ0) is 24.4. The van der Waals surface area contributed by atoms with Gasteiger partial charge in [-0.2, -0.15) is 0 Å². The summed E-state index contributed by atoms with van der Waals surface area (Å²) in [5.74, 6) is -1.20. The van der Waals surface area contributed by atoms with Crippen molar-refractivity contribution >= 4 is 46.9 Å². The van der Waals surface area contributed by atoms with Gasteiger partial charge in [0.1, 0.15) is 5.78 Å². The first-order chi connectivity index (χ1) is 15.8. The highest BCUT2D eigenvalue weighted by atomic mass is 32.2. The van der Waals surface area contributed by atoms with Gasteiger partial charge in [-0.05, 0) is 18.2 Å². The molecule has 0 aromatic heterocycles. The number of nitrogens with one attached hydrogen (secondary N) is 2. The predicted octanol–water partition coefficient (Wildman–Crippen LogP) is 0.241. The molecule has 33 heavy (non-hydrogen) atoms. The van der Waals surface area contributed by atoms with E-state index in [9.17, 15) is 24.0 Å². The van der Waals surface area contributed by atoms with Crippen LogP contribution in [0.4, 0.5) is 5.69 Å². The average Bonchev–Trinajstić information content (AvgIpc) is 3.11. The maximum absolute atomic E-state index is 12.8. The van der Waals surface area contributed by atoms with E-state index in [0.717, 1.165) is 16.7 Å². The molecule has 0 aliphatic carbocycles. The van der Waals surface area contributed by atoms with E-state index < -0.39 is 17.2 Å². The van der Waals surface area contributed by atoms with E-state index in [0.29, 0.717) is 30.7 Å². The molecule has 2 rings (SSSR count). The fraction of sp³-hybridized carbons (Fsp3) is 0.500. The molecule has 1 aromatic rings. The highest BCUT2D eigenvalue weighted by Gasteiger charge is 2.40. The van der Waals surface area contributed by atoms with Gasteiger partial charge in [0.2, 0.25) is 17.7 Å². The van der Waals surface area contributed by atoms with E-state index in [2.05, 4.69) is 10.6 Å². The smallest absolute Gasteiger partial charge is 0.251 e. The molecule has 0 spiro atoms. The van der Waals surface area contributed by atoms with Crippen LogP contribution in [0, 0.1) is 0 Å². The molecule has 4 amide bonds. The highest BCUT2D eigenvalue weighted by Crippen LogP contribution is 2.30. The summed E-state index contributed by atoms with van der Waals surface area (Å²) in [7, 11) is 1.50. The lowest BCUT2D eigenvalue weighted by molar-refractivity contribution is -0.123. The molecule has 1 fully saturated rings. The molecule has 11 heteroatoms. The van der Waals surface area contributed by atoms with Gasteiger partial charge >= 0.3 is 0 Å². The molecule has 2 atom stereocenters. The Morgan fingerprint density at radius 3 is 2.73 bits per heavy atom. The number of carbonyl (C=O) groups is 5. The number of nitrogens with zero attached hydrogens (tertiary/aromatic N) is 1. The fourth-order valence-electron chi connectivity index (χ4n) is 3.07. The van der Waals surface area contributed by atoms with Crippen LogP contribution in [0.3, 0.4) is 0 Å². The van der Waals surface area contributed by atoms with Gasteiger partial charge in [-0.15, -0.1) is 11.8 Å². The number of nitrogens with two attached hydrogens (primary N) is 1. The summed E-state index contributed by atoms with van der Waals surface area (Å²) in [6.07, 6.45) is 0.816. The molecular formula is C22H30N4O6S. The van der Waals surface area contributed by atoms with Crippen LogP contribution in [0.25, 0.3) is 0 Å². The third-order valence-electron chi connectivity index (χ3n) is 4.98. The largest absolute Gasteiger partial charge is 0.379 e. The summed E-state index contributed by atoms with van der Waals surface area (Å²) in [6, 6.07) is 5.42. The molecule has 1 aliphatic heterocycles. The molecule has 0 radical (unpaired) electrons. The average molecular weight is 479 g/mol. The van der Waals surface area contributed by atoms with Crippen molar-refractivity contribution in [1.29, 1.82) is 0 Å². The molecule has 1 unspecified atom stereocenters. The Labute approximate surface area is 197 Å². The maximum atomic E-state index is 12.8. The Hall–Kier alpha value is -2.76. The van der Waals surface area contributed by atoms with E-state index in [-0.39, 0.29) is 48.8 Å². The van der Waals surface area contributed by atoms with Crippen molar-refractivity contribution in [3.63, 3.8) is 0 Å². The number of hydrogen-bond donors (Lipinski definition) is 3. The van der Waals surface area contributed by atoms with Crippen LogP contribution in [-0.4, -0.2) is 73.3 Å². The molecule has 1 aromatic carbocycles. The van der Waals surface area contributed by atoms with E-state index in [1.54, 1.807) is 25.1 Å². The number of ketones is 1. The first kappa shape index (κ1) is 26.5. The van der Waals surface area contributed by atoms with E-state index in [1.165, 1.54) is 13.1 Å². The number of rotatable bonds is 13. The molecule has 180 valence electrons. The first-order valence-corrected chi connectivity index (χ1v) is 11.8. The topological polar surface area (TPSA) is 148 Å². The van der Waals surface area contributed by atoms with Crippen LogP contribution in [0.5, 0.6) is 0 Å². The molecule has 1 heterocycles. The maximum Gasteiger partial charge on any atom is 0.251 e. The monoisotopic (exact) mass is 478 g/mol. The predicted molar refractivity (Wildman–Crippen MR) is 125 cm³/mol. The Bertz CT molecular complexity index is 893. The van der Waals surface area contributed by atoms with Crippen LogP contribution in [-0.2, 0) is 23.9 Å². The molecule has 4 N–H and O–H groups in total. The van der Waals surface area contributed by atoms with Gasteiger partial charge in [-0.3, -0.25) is 24.0 Å². The van der Waals surface area contributed by atoms with Gasteiger partial charge in [-0.25, -0.2) is 4.90 Å². The summed E-state index contributed by atoms with van der Waals surface area (Å²) in [5.41, 5.74) is 6.59. The van der Waals surface area contributed by atoms with E-state index >= 15 is 0 Å². The van der Waals surface area contributed by atoms with Crippen molar-refractivity contribution in [2.24, 2.45) is 5.73 Å². The number of thioether (sulfide) groups is 1. The third kappa shape index (κ3) is 7.65. The normalized spacial score (nSPS) is 16.6. The fourth-order valence-corrected chi connectivity index (χ4v) is 4.17. The Morgan fingerprint density at radius 2 is 2.03 bits per heavy atom. The lowest BCUT2D eigenvalue weighted by Crippen LogP contribution is -2.44. The van der Waals surface area contributed by atoms with Gasteiger partial charge in [0.25, 0.3) is 5.91 Å². The number of anilines is 1. The highest BCUT2D eigenvalue weighted by molar-refractivity contribution is 8.00. The zero-order valence-corrected chi connectivity index (χ0v) is 19.6. The number of imide groups is 1. The van der Waals surface area contributed by atoms with Crippen molar-refractivity contribution in [3.05, 3.63) is 29.8 Å². The van der Waals surface area contributed by atoms with Crippen LogP contribution in [0.15, 0.2) is 24.3 Å². The molecule has 0 saturated carbocycles. The lowest BCUT2D eigenvalue weighted by atomic mass is 10.2. The summed E-state index contributed by atoms with van der Waals surface area (Å²) in [4.78, 5) is 61.5. The molecule has 0 bridgehead atoms. The number of benzene rings is 1. The summed E-state index contributed by atoms with van der Waals surface area (Å²) < 4.78 is 5.29. The van der Waals surface area contributed by atoms with Crippen LogP contribution < -0.4 is 21.3 Å². The molecular weight excluding hydrogens is 448 g/mol. The van der Waals surface area contributed by atoms with E-state index in [4.69, 9.17) is 10.5 Å². The third-order valence-corrected chi connectivity index (χ3v) is 6.30. The minimum Gasteiger partial charge on any atom is -0.379 e. The summed E-state index contributed by atoms with van der Waals surface area (Å²) >= 11 is 1.15. The van der Waals surface area contributed by atoms with Gasteiger partial charge in [-0.1, -0.05) is 13.0 Å². The van der Waals surface area contributed by atoms with Crippen LogP contribution in [0.2, 0.25) is 0 Å². The van der Waals surface area contributed by atoms with Gasteiger partial charge in [0.15, 0.2) is 0 Å². The van der Waals surface area contributed by atoms with Gasteiger partial charge in [0.05, 0.1) is 30.2 Å².